The summed E-state index contributed by atoms with van der Waals surface area (Å²) in [6.45, 7) is 2.45. The van der Waals surface area contributed by atoms with Gasteiger partial charge in [0.15, 0.2) is 0 Å². The summed E-state index contributed by atoms with van der Waals surface area (Å²) < 4.78 is 37.1. The van der Waals surface area contributed by atoms with Crippen LogP contribution in [0, 0.1) is 6.92 Å². The van der Waals surface area contributed by atoms with Crippen molar-refractivity contribution in [2.45, 2.75) is 11.8 Å². The lowest BCUT2D eigenvalue weighted by atomic mass is 10.2. The molecule has 0 unspecified atom stereocenters. The summed E-state index contributed by atoms with van der Waals surface area (Å²) >= 11 is 0. The van der Waals surface area contributed by atoms with Crippen LogP contribution in [-0.2, 0) is 10.0 Å². The Morgan fingerprint density at radius 1 is 0.955 bits per heavy atom. The van der Waals surface area contributed by atoms with Crippen molar-refractivity contribution in [3.05, 3.63) is 54.1 Å². The number of hydrogen-bond donors (Lipinski definition) is 1. The minimum Gasteiger partial charge on any atom is -0.497 e. The predicted molar refractivity (Wildman–Crippen MR) is 84.9 cm³/mol. The Morgan fingerprint density at radius 3 is 2.14 bits per heavy atom. The van der Waals surface area contributed by atoms with Gasteiger partial charge < -0.3 is 9.47 Å². The summed E-state index contributed by atoms with van der Waals surface area (Å²) in [6.07, 6.45) is 0. The number of hydrogen-bond acceptors (Lipinski definition) is 4. The van der Waals surface area contributed by atoms with E-state index in [4.69, 9.17) is 9.47 Å². The minimum atomic E-state index is -3.53. The number of benzene rings is 2. The first kappa shape index (κ1) is 16.3. The third-order valence-electron chi connectivity index (χ3n) is 3.05. The normalized spacial score (nSPS) is 11.2. The molecule has 5 nitrogen and oxygen atoms in total. The van der Waals surface area contributed by atoms with Crippen LogP contribution in [0.2, 0.25) is 0 Å². The van der Waals surface area contributed by atoms with Crippen molar-refractivity contribution in [3.8, 4) is 11.5 Å². The van der Waals surface area contributed by atoms with Gasteiger partial charge in [-0.2, -0.15) is 0 Å². The van der Waals surface area contributed by atoms with Crippen molar-refractivity contribution in [3.63, 3.8) is 0 Å². The molecule has 0 aliphatic heterocycles. The first-order valence-corrected chi connectivity index (χ1v) is 8.33. The van der Waals surface area contributed by atoms with Gasteiger partial charge in [0.2, 0.25) is 10.0 Å². The number of aryl methyl sites for hydroxylation is 1. The molecule has 0 atom stereocenters. The third-order valence-corrected chi connectivity index (χ3v) is 4.53. The molecule has 0 spiro atoms. The molecular weight excluding hydrogens is 302 g/mol. The Labute approximate surface area is 130 Å². The second kappa shape index (κ2) is 7.29. The van der Waals surface area contributed by atoms with Crippen molar-refractivity contribution < 1.29 is 17.9 Å². The molecule has 0 amide bonds. The Hall–Kier alpha value is -2.05. The van der Waals surface area contributed by atoms with E-state index in [1.165, 1.54) is 19.2 Å². The molecule has 2 rings (SSSR count). The standard InChI is InChI=1S/C16H19NO4S/c1-13-3-5-15(6-4-13)21-12-11-17-22(18,19)16-9-7-14(20-2)8-10-16/h3-10,17H,11-12H2,1-2H3. The SMILES string of the molecule is COc1ccc(S(=O)(=O)NCCOc2ccc(C)cc2)cc1. The van der Waals surface area contributed by atoms with Crippen LogP contribution in [0.3, 0.4) is 0 Å². The van der Waals surface area contributed by atoms with Crippen LogP contribution in [-0.4, -0.2) is 28.7 Å². The highest BCUT2D eigenvalue weighted by Gasteiger charge is 2.13. The van der Waals surface area contributed by atoms with Gasteiger partial charge in [0.25, 0.3) is 0 Å². The monoisotopic (exact) mass is 321 g/mol. The van der Waals surface area contributed by atoms with E-state index in [-0.39, 0.29) is 18.0 Å². The van der Waals surface area contributed by atoms with Gasteiger partial charge in [-0.3, -0.25) is 0 Å². The summed E-state index contributed by atoms with van der Waals surface area (Å²) in [5, 5.41) is 0. The summed E-state index contributed by atoms with van der Waals surface area (Å²) in [6, 6.07) is 13.8. The lowest BCUT2D eigenvalue weighted by Gasteiger charge is -2.09. The molecule has 2 aromatic rings. The number of ether oxygens (including phenoxy) is 2. The zero-order valence-electron chi connectivity index (χ0n) is 12.6. The lowest BCUT2D eigenvalue weighted by molar-refractivity contribution is 0.323. The van der Waals surface area contributed by atoms with Gasteiger partial charge in [-0.1, -0.05) is 17.7 Å². The Kier molecular flexibility index (Phi) is 5.41. The molecule has 2 aromatic carbocycles. The average Bonchev–Trinajstić information content (AvgIpc) is 2.53. The van der Waals surface area contributed by atoms with E-state index in [1.54, 1.807) is 12.1 Å². The molecule has 0 bridgehead atoms. The third kappa shape index (κ3) is 4.47. The van der Waals surface area contributed by atoms with Gasteiger partial charge in [-0.15, -0.1) is 0 Å². The Morgan fingerprint density at radius 2 is 1.55 bits per heavy atom. The molecule has 22 heavy (non-hydrogen) atoms. The molecule has 0 fully saturated rings. The highest BCUT2D eigenvalue weighted by atomic mass is 32.2. The van der Waals surface area contributed by atoms with Crippen molar-refractivity contribution in [1.29, 1.82) is 0 Å². The van der Waals surface area contributed by atoms with Crippen LogP contribution in [0.4, 0.5) is 0 Å². The molecule has 0 aliphatic carbocycles. The Balaban J connectivity index is 1.85. The summed E-state index contributed by atoms with van der Waals surface area (Å²) in [5.41, 5.74) is 1.15. The highest BCUT2D eigenvalue weighted by Crippen LogP contribution is 2.15. The van der Waals surface area contributed by atoms with Gasteiger partial charge in [0.1, 0.15) is 18.1 Å². The predicted octanol–water partition coefficient (Wildman–Crippen LogP) is 2.36. The second-order valence-electron chi connectivity index (χ2n) is 4.73. The van der Waals surface area contributed by atoms with E-state index in [0.717, 1.165) is 5.56 Å². The molecular formula is C16H19NO4S. The molecule has 0 saturated carbocycles. The van der Waals surface area contributed by atoms with Crippen molar-refractivity contribution in [1.82, 2.24) is 4.72 Å². The molecule has 118 valence electrons. The van der Waals surface area contributed by atoms with Gasteiger partial charge in [0, 0.05) is 6.54 Å². The smallest absolute Gasteiger partial charge is 0.240 e. The van der Waals surface area contributed by atoms with Crippen LogP contribution < -0.4 is 14.2 Å². The van der Waals surface area contributed by atoms with Crippen LogP contribution in [0.25, 0.3) is 0 Å². The number of sulfonamides is 1. The van der Waals surface area contributed by atoms with E-state index in [9.17, 15) is 8.42 Å². The van der Waals surface area contributed by atoms with Gasteiger partial charge in [-0.25, -0.2) is 13.1 Å². The first-order valence-electron chi connectivity index (χ1n) is 6.84. The zero-order valence-corrected chi connectivity index (χ0v) is 13.4. The topological polar surface area (TPSA) is 64.6 Å². The summed E-state index contributed by atoms with van der Waals surface area (Å²) in [7, 11) is -2.00. The molecule has 0 radical (unpaired) electrons. The zero-order chi connectivity index (χ0) is 16.0. The maximum Gasteiger partial charge on any atom is 0.240 e. The van der Waals surface area contributed by atoms with Crippen LogP contribution in [0.1, 0.15) is 5.56 Å². The number of methoxy groups -OCH3 is 1. The Bertz CT molecular complexity index is 694. The maximum absolute atomic E-state index is 12.1. The average molecular weight is 321 g/mol. The van der Waals surface area contributed by atoms with Gasteiger partial charge in [-0.05, 0) is 43.3 Å². The van der Waals surface area contributed by atoms with Crippen LogP contribution in [0.5, 0.6) is 11.5 Å². The van der Waals surface area contributed by atoms with E-state index >= 15 is 0 Å². The van der Waals surface area contributed by atoms with E-state index < -0.39 is 10.0 Å². The molecule has 0 aromatic heterocycles. The van der Waals surface area contributed by atoms with Gasteiger partial charge in [0.05, 0.1) is 12.0 Å². The molecule has 6 heteroatoms. The van der Waals surface area contributed by atoms with Crippen molar-refractivity contribution in [2.24, 2.45) is 0 Å². The largest absolute Gasteiger partial charge is 0.497 e. The van der Waals surface area contributed by atoms with Crippen molar-refractivity contribution in [2.75, 3.05) is 20.3 Å². The maximum atomic E-state index is 12.1. The molecule has 0 heterocycles. The fourth-order valence-corrected chi connectivity index (χ4v) is 2.83. The molecule has 1 N–H and O–H groups in total. The number of rotatable bonds is 7. The lowest BCUT2D eigenvalue weighted by Crippen LogP contribution is -2.28. The summed E-state index contributed by atoms with van der Waals surface area (Å²) in [4.78, 5) is 0.198. The fourth-order valence-electron chi connectivity index (χ4n) is 1.82. The van der Waals surface area contributed by atoms with Crippen LogP contribution >= 0.6 is 0 Å². The quantitative estimate of drug-likeness (QED) is 0.795. The second-order valence-corrected chi connectivity index (χ2v) is 6.50. The highest BCUT2D eigenvalue weighted by molar-refractivity contribution is 7.89. The van der Waals surface area contributed by atoms with Crippen molar-refractivity contribution >= 4 is 10.0 Å². The van der Waals surface area contributed by atoms with E-state index in [1.807, 2.05) is 31.2 Å². The first-order chi connectivity index (χ1) is 10.5. The molecule has 0 aliphatic rings. The van der Waals surface area contributed by atoms with E-state index in [2.05, 4.69) is 4.72 Å². The fraction of sp³-hybridized carbons (Fsp3) is 0.250. The van der Waals surface area contributed by atoms with Crippen LogP contribution in [0.15, 0.2) is 53.4 Å². The number of nitrogens with one attached hydrogen (secondary N) is 1. The minimum absolute atomic E-state index is 0.197. The summed E-state index contributed by atoms with van der Waals surface area (Å²) in [5.74, 6) is 1.33. The molecule has 0 saturated heterocycles. The van der Waals surface area contributed by atoms with E-state index in [0.29, 0.717) is 11.5 Å². The van der Waals surface area contributed by atoms with Gasteiger partial charge >= 0.3 is 0 Å².